The zero-order valence-corrected chi connectivity index (χ0v) is 15.4. The standard InChI is InChI=1S/C19H22ClN3S/c1-15-5-7-18(8-6-15)21-19(24)23-11-9-22(10-12-23)14-16-3-2-4-17(20)13-16/h2-8,13H,9-12,14H2,1H3,(H,21,24). The fourth-order valence-electron chi connectivity index (χ4n) is 2.84. The van der Waals surface area contributed by atoms with Crippen LogP contribution in [0, 0.1) is 6.92 Å². The minimum Gasteiger partial charge on any atom is -0.346 e. The summed E-state index contributed by atoms with van der Waals surface area (Å²) in [4.78, 5) is 4.68. The zero-order valence-electron chi connectivity index (χ0n) is 13.8. The Morgan fingerprint density at radius 2 is 1.79 bits per heavy atom. The molecule has 0 spiro atoms. The first-order valence-electron chi connectivity index (χ1n) is 8.19. The molecule has 0 amide bonds. The number of hydrogen-bond acceptors (Lipinski definition) is 2. The third-order valence-electron chi connectivity index (χ3n) is 4.26. The van der Waals surface area contributed by atoms with Crippen molar-refractivity contribution in [2.75, 3.05) is 31.5 Å². The van der Waals surface area contributed by atoms with E-state index in [0.29, 0.717) is 0 Å². The van der Waals surface area contributed by atoms with E-state index in [-0.39, 0.29) is 0 Å². The van der Waals surface area contributed by atoms with Gasteiger partial charge >= 0.3 is 0 Å². The summed E-state index contributed by atoms with van der Waals surface area (Å²) >= 11 is 11.6. The van der Waals surface area contributed by atoms with Crippen molar-refractivity contribution < 1.29 is 0 Å². The minimum atomic E-state index is 0.801. The van der Waals surface area contributed by atoms with Gasteiger partial charge in [0.2, 0.25) is 0 Å². The molecule has 0 aromatic heterocycles. The molecule has 1 saturated heterocycles. The summed E-state index contributed by atoms with van der Waals surface area (Å²) < 4.78 is 0. The van der Waals surface area contributed by atoms with Crippen LogP contribution in [-0.4, -0.2) is 41.1 Å². The van der Waals surface area contributed by atoms with Crippen LogP contribution in [0.5, 0.6) is 0 Å². The highest BCUT2D eigenvalue weighted by molar-refractivity contribution is 7.80. The third-order valence-corrected chi connectivity index (χ3v) is 4.85. The number of aryl methyl sites for hydroxylation is 1. The number of thiocarbonyl (C=S) groups is 1. The summed E-state index contributed by atoms with van der Waals surface area (Å²) in [5, 5.41) is 4.94. The molecule has 24 heavy (non-hydrogen) atoms. The third kappa shape index (κ3) is 4.69. The smallest absolute Gasteiger partial charge is 0.173 e. The van der Waals surface area contributed by atoms with E-state index < -0.39 is 0 Å². The van der Waals surface area contributed by atoms with E-state index in [9.17, 15) is 0 Å². The number of halogens is 1. The highest BCUT2D eigenvalue weighted by Crippen LogP contribution is 2.15. The molecular formula is C19H22ClN3S. The molecule has 2 aromatic carbocycles. The van der Waals surface area contributed by atoms with E-state index >= 15 is 0 Å². The van der Waals surface area contributed by atoms with Crippen LogP contribution in [0.4, 0.5) is 5.69 Å². The summed E-state index contributed by atoms with van der Waals surface area (Å²) in [6.07, 6.45) is 0. The first kappa shape index (κ1) is 17.2. The molecule has 1 N–H and O–H groups in total. The van der Waals surface area contributed by atoms with Gasteiger partial charge in [-0.2, -0.15) is 0 Å². The molecule has 3 nitrogen and oxygen atoms in total. The minimum absolute atomic E-state index is 0.801. The van der Waals surface area contributed by atoms with Crippen molar-refractivity contribution in [1.82, 2.24) is 9.80 Å². The normalized spacial score (nSPS) is 15.3. The largest absolute Gasteiger partial charge is 0.346 e. The SMILES string of the molecule is Cc1ccc(NC(=S)N2CCN(Cc3cccc(Cl)c3)CC2)cc1. The van der Waals surface area contributed by atoms with Crippen molar-refractivity contribution in [3.63, 3.8) is 0 Å². The molecule has 1 heterocycles. The van der Waals surface area contributed by atoms with Crippen LogP contribution >= 0.6 is 23.8 Å². The number of hydrogen-bond donors (Lipinski definition) is 1. The van der Waals surface area contributed by atoms with Crippen LogP contribution in [0.15, 0.2) is 48.5 Å². The zero-order chi connectivity index (χ0) is 16.9. The van der Waals surface area contributed by atoms with E-state index in [1.807, 2.05) is 18.2 Å². The fraction of sp³-hybridized carbons (Fsp3) is 0.316. The predicted octanol–water partition coefficient (Wildman–Crippen LogP) is 4.16. The van der Waals surface area contributed by atoms with Crippen molar-refractivity contribution in [2.45, 2.75) is 13.5 Å². The van der Waals surface area contributed by atoms with Gasteiger partial charge in [0.05, 0.1) is 0 Å². The second kappa shape index (κ2) is 7.97. The molecule has 2 aromatic rings. The lowest BCUT2D eigenvalue weighted by molar-refractivity contribution is 0.177. The first-order valence-corrected chi connectivity index (χ1v) is 8.98. The number of benzene rings is 2. The topological polar surface area (TPSA) is 18.5 Å². The van der Waals surface area contributed by atoms with E-state index in [1.54, 1.807) is 0 Å². The quantitative estimate of drug-likeness (QED) is 0.829. The lowest BCUT2D eigenvalue weighted by atomic mass is 10.2. The van der Waals surface area contributed by atoms with Crippen molar-refractivity contribution in [3.8, 4) is 0 Å². The molecule has 5 heteroatoms. The van der Waals surface area contributed by atoms with Crippen molar-refractivity contribution >= 4 is 34.6 Å². The maximum absolute atomic E-state index is 6.06. The number of nitrogens with zero attached hydrogens (tertiary/aromatic N) is 2. The number of rotatable bonds is 3. The first-order chi connectivity index (χ1) is 11.6. The molecule has 0 aliphatic carbocycles. The Morgan fingerprint density at radius 3 is 2.46 bits per heavy atom. The number of piperazine rings is 1. The van der Waals surface area contributed by atoms with Gasteiger partial charge in [-0.15, -0.1) is 0 Å². The second-order valence-corrected chi connectivity index (χ2v) is 7.01. The fourth-order valence-corrected chi connectivity index (χ4v) is 3.36. The van der Waals surface area contributed by atoms with Crippen molar-refractivity contribution in [2.24, 2.45) is 0 Å². The Labute approximate surface area is 154 Å². The van der Waals surface area contributed by atoms with Gasteiger partial charge in [-0.3, -0.25) is 4.90 Å². The molecule has 0 unspecified atom stereocenters. The summed E-state index contributed by atoms with van der Waals surface area (Å²) in [7, 11) is 0. The lowest BCUT2D eigenvalue weighted by Crippen LogP contribution is -2.49. The predicted molar refractivity (Wildman–Crippen MR) is 106 cm³/mol. The van der Waals surface area contributed by atoms with Crippen LogP contribution in [-0.2, 0) is 6.54 Å². The molecule has 1 aliphatic rings. The monoisotopic (exact) mass is 359 g/mol. The average Bonchev–Trinajstić information content (AvgIpc) is 2.57. The van der Waals surface area contributed by atoms with Crippen LogP contribution < -0.4 is 5.32 Å². The number of anilines is 1. The molecule has 1 fully saturated rings. The average molecular weight is 360 g/mol. The lowest BCUT2D eigenvalue weighted by Gasteiger charge is -2.36. The van der Waals surface area contributed by atoms with Gasteiger partial charge < -0.3 is 10.2 Å². The molecule has 0 saturated carbocycles. The molecule has 3 rings (SSSR count). The van der Waals surface area contributed by atoms with Gasteiger partial charge in [0, 0.05) is 43.4 Å². The van der Waals surface area contributed by atoms with E-state index in [1.165, 1.54) is 11.1 Å². The van der Waals surface area contributed by atoms with Gasteiger partial charge in [-0.05, 0) is 49.0 Å². The summed E-state index contributed by atoms with van der Waals surface area (Å²) in [6, 6.07) is 16.4. The molecule has 1 aliphatic heterocycles. The van der Waals surface area contributed by atoms with Crippen molar-refractivity contribution in [1.29, 1.82) is 0 Å². The van der Waals surface area contributed by atoms with Crippen LogP contribution in [0.2, 0.25) is 5.02 Å². The summed E-state index contributed by atoms with van der Waals surface area (Å²) in [5.74, 6) is 0. The van der Waals surface area contributed by atoms with Gasteiger partial charge in [-0.25, -0.2) is 0 Å². The molecular weight excluding hydrogens is 338 g/mol. The Balaban J connectivity index is 1.49. The Morgan fingerprint density at radius 1 is 1.08 bits per heavy atom. The van der Waals surface area contributed by atoms with Gasteiger partial charge in [0.1, 0.15) is 0 Å². The molecule has 126 valence electrons. The van der Waals surface area contributed by atoms with E-state index in [2.05, 4.69) is 52.4 Å². The van der Waals surface area contributed by atoms with Crippen molar-refractivity contribution in [3.05, 3.63) is 64.7 Å². The Kier molecular flexibility index (Phi) is 5.72. The molecule has 0 radical (unpaired) electrons. The van der Waals surface area contributed by atoms with Gasteiger partial charge in [-0.1, -0.05) is 41.4 Å². The molecule has 0 bridgehead atoms. The van der Waals surface area contributed by atoms with E-state index in [0.717, 1.165) is 48.5 Å². The van der Waals surface area contributed by atoms with Gasteiger partial charge in [0.15, 0.2) is 5.11 Å². The highest BCUT2D eigenvalue weighted by Gasteiger charge is 2.19. The summed E-state index contributed by atoms with van der Waals surface area (Å²) in [6.45, 7) is 6.91. The van der Waals surface area contributed by atoms with Crippen LogP contribution in [0.3, 0.4) is 0 Å². The van der Waals surface area contributed by atoms with Crippen LogP contribution in [0.25, 0.3) is 0 Å². The summed E-state index contributed by atoms with van der Waals surface area (Å²) in [5.41, 5.74) is 3.56. The highest BCUT2D eigenvalue weighted by atomic mass is 35.5. The van der Waals surface area contributed by atoms with Crippen LogP contribution in [0.1, 0.15) is 11.1 Å². The molecule has 0 atom stereocenters. The Hall–Kier alpha value is -1.62. The second-order valence-electron chi connectivity index (χ2n) is 6.19. The van der Waals surface area contributed by atoms with Gasteiger partial charge in [0.25, 0.3) is 0 Å². The number of nitrogens with one attached hydrogen (secondary N) is 1. The maximum Gasteiger partial charge on any atom is 0.173 e. The van der Waals surface area contributed by atoms with E-state index in [4.69, 9.17) is 23.8 Å². The maximum atomic E-state index is 6.06. The Bertz CT molecular complexity index is 694.